The molecule has 1 unspecified atom stereocenters. The first kappa shape index (κ1) is 16.9. The summed E-state index contributed by atoms with van der Waals surface area (Å²) in [5.74, 6) is 0. The zero-order valence-corrected chi connectivity index (χ0v) is 12.6. The molecule has 0 spiro atoms. The maximum Gasteiger partial charge on any atom is 0.416 e. The second-order valence-electron chi connectivity index (χ2n) is 5.28. The second kappa shape index (κ2) is 6.77. The fourth-order valence-electron chi connectivity index (χ4n) is 2.59. The molecule has 1 atom stereocenters. The minimum absolute atomic E-state index is 0.0749. The Morgan fingerprint density at radius 1 is 1.43 bits per heavy atom. The monoisotopic (exact) mass is 326 g/mol. The summed E-state index contributed by atoms with van der Waals surface area (Å²) in [6.07, 6.45) is -1.65. The number of alkyl halides is 3. The number of likely N-dealkylation sites (N-methyl/N-ethyl adjacent to an activating group) is 1. The van der Waals surface area contributed by atoms with Gasteiger partial charge in [0.1, 0.15) is 0 Å². The molecule has 5 nitrogen and oxygen atoms in total. The molecule has 1 heterocycles. The third-order valence-corrected chi connectivity index (χ3v) is 3.81. The van der Waals surface area contributed by atoms with Crippen LogP contribution >= 0.6 is 0 Å². The number of nitrogens with one attached hydrogen (secondary N) is 1. The Balaban J connectivity index is 2.01. The third-order valence-electron chi connectivity index (χ3n) is 3.81. The molecule has 0 aromatic heterocycles. The lowest BCUT2D eigenvalue weighted by Crippen LogP contribution is -2.43. The van der Waals surface area contributed by atoms with Gasteiger partial charge >= 0.3 is 12.2 Å². The van der Waals surface area contributed by atoms with Gasteiger partial charge in [-0.15, -0.1) is 0 Å². The number of nitriles is 1. The first-order chi connectivity index (χ1) is 10.8. The Kier molecular flexibility index (Phi) is 4.98. The van der Waals surface area contributed by atoms with Crippen molar-refractivity contribution in [2.45, 2.75) is 25.6 Å². The van der Waals surface area contributed by atoms with Crippen LogP contribution in [0.5, 0.6) is 0 Å². The van der Waals surface area contributed by atoms with Crippen LogP contribution in [0.4, 0.5) is 23.7 Å². The van der Waals surface area contributed by atoms with Gasteiger partial charge in [-0.3, -0.25) is 0 Å². The van der Waals surface area contributed by atoms with Crippen molar-refractivity contribution in [2.75, 3.05) is 25.0 Å². The summed E-state index contributed by atoms with van der Waals surface area (Å²) in [4.78, 5) is 15.5. The Morgan fingerprint density at radius 2 is 2.09 bits per heavy atom. The fraction of sp³-hybridized carbons (Fsp3) is 0.467. The summed E-state index contributed by atoms with van der Waals surface area (Å²) < 4.78 is 37.5. The van der Waals surface area contributed by atoms with Crippen molar-refractivity contribution in [3.8, 4) is 6.19 Å². The third kappa shape index (κ3) is 4.06. The van der Waals surface area contributed by atoms with Gasteiger partial charge in [0.05, 0.1) is 11.6 Å². The molecule has 2 amide bonds. The van der Waals surface area contributed by atoms with Gasteiger partial charge in [-0.05, 0) is 37.6 Å². The molecular weight excluding hydrogens is 309 g/mol. The summed E-state index contributed by atoms with van der Waals surface area (Å²) in [6.45, 7) is 3.35. The van der Waals surface area contributed by atoms with Crippen molar-refractivity contribution in [1.82, 2.24) is 9.80 Å². The normalized spacial score (nSPS) is 17.7. The first-order valence-electron chi connectivity index (χ1n) is 7.24. The van der Waals surface area contributed by atoms with E-state index in [1.54, 1.807) is 9.80 Å². The lowest BCUT2D eigenvalue weighted by Gasteiger charge is -2.27. The smallest absolute Gasteiger partial charge is 0.320 e. The summed E-state index contributed by atoms with van der Waals surface area (Å²) in [6, 6.07) is 3.86. The molecule has 0 saturated carbocycles. The van der Waals surface area contributed by atoms with E-state index in [-0.39, 0.29) is 12.1 Å². The number of likely N-dealkylation sites (tertiary alicyclic amines) is 1. The molecule has 1 aliphatic heterocycles. The molecule has 1 aliphatic rings. The number of hydrogen-bond donors (Lipinski definition) is 1. The van der Waals surface area contributed by atoms with Crippen molar-refractivity contribution in [1.29, 1.82) is 5.26 Å². The molecule has 1 saturated heterocycles. The number of carbonyl (C=O) groups is 1. The van der Waals surface area contributed by atoms with Crippen molar-refractivity contribution < 1.29 is 18.0 Å². The predicted molar refractivity (Wildman–Crippen MR) is 78.4 cm³/mol. The quantitative estimate of drug-likeness (QED) is 0.868. The van der Waals surface area contributed by atoms with E-state index in [1.807, 2.05) is 6.92 Å². The van der Waals surface area contributed by atoms with Crippen LogP contribution < -0.4 is 5.32 Å². The maximum atomic E-state index is 12.5. The number of anilines is 1. The molecule has 1 fully saturated rings. The molecule has 2 rings (SSSR count). The van der Waals surface area contributed by atoms with Gasteiger partial charge in [-0.2, -0.15) is 18.4 Å². The van der Waals surface area contributed by atoms with Gasteiger partial charge in [0.15, 0.2) is 6.19 Å². The molecule has 8 heteroatoms. The molecule has 0 aliphatic carbocycles. The van der Waals surface area contributed by atoms with Gasteiger partial charge in [-0.25, -0.2) is 4.79 Å². The average molecular weight is 326 g/mol. The average Bonchev–Trinajstić information content (AvgIpc) is 2.96. The number of benzene rings is 1. The van der Waals surface area contributed by atoms with E-state index in [9.17, 15) is 18.0 Å². The number of hydrogen-bond acceptors (Lipinski definition) is 3. The number of rotatable bonds is 3. The van der Waals surface area contributed by atoms with Crippen molar-refractivity contribution in [3.05, 3.63) is 29.8 Å². The molecule has 1 aromatic rings. The molecule has 23 heavy (non-hydrogen) atoms. The standard InChI is InChI=1S/C15H17F3N4O/c1-2-22(13-7-8-21(9-13)10-19)14(23)20-12-5-3-11(4-6-12)15(16,17)18/h3-6,13H,2,7-9H2,1H3,(H,20,23). The zero-order chi connectivity index (χ0) is 17.0. The summed E-state index contributed by atoms with van der Waals surface area (Å²) in [5, 5.41) is 11.5. The highest BCUT2D eigenvalue weighted by Gasteiger charge is 2.31. The van der Waals surface area contributed by atoms with E-state index in [4.69, 9.17) is 5.26 Å². The first-order valence-corrected chi connectivity index (χ1v) is 7.24. The minimum atomic E-state index is -4.40. The zero-order valence-electron chi connectivity index (χ0n) is 12.6. The van der Waals surface area contributed by atoms with E-state index in [2.05, 4.69) is 11.5 Å². The fourth-order valence-corrected chi connectivity index (χ4v) is 2.59. The number of carbonyl (C=O) groups excluding carboxylic acids is 1. The summed E-state index contributed by atoms with van der Waals surface area (Å²) >= 11 is 0. The van der Waals surface area contributed by atoms with Crippen LogP contribution in [0.15, 0.2) is 24.3 Å². The second-order valence-corrected chi connectivity index (χ2v) is 5.28. The predicted octanol–water partition coefficient (Wildman–Crippen LogP) is 3.11. The molecular formula is C15H17F3N4O. The van der Waals surface area contributed by atoms with Crippen LogP contribution in [0.1, 0.15) is 18.9 Å². The van der Waals surface area contributed by atoms with E-state index in [0.717, 1.165) is 12.1 Å². The van der Waals surface area contributed by atoms with Gasteiger partial charge in [0.2, 0.25) is 0 Å². The number of nitrogens with zero attached hydrogens (tertiary/aromatic N) is 3. The van der Waals surface area contributed by atoms with Crippen LogP contribution in [-0.4, -0.2) is 41.5 Å². The maximum absolute atomic E-state index is 12.5. The van der Waals surface area contributed by atoms with Gasteiger partial charge in [0.25, 0.3) is 0 Å². The highest BCUT2D eigenvalue weighted by Crippen LogP contribution is 2.29. The largest absolute Gasteiger partial charge is 0.416 e. The highest BCUT2D eigenvalue weighted by molar-refractivity contribution is 5.89. The summed E-state index contributed by atoms with van der Waals surface area (Å²) in [7, 11) is 0. The van der Waals surface area contributed by atoms with Crippen LogP contribution in [0, 0.1) is 11.5 Å². The van der Waals surface area contributed by atoms with Crippen molar-refractivity contribution in [3.63, 3.8) is 0 Å². The SMILES string of the molecule is CCN(C(=O)Nc1ccc(C(F)(F)F)cc1)C1CCN(C#N)C1. The van der Waals surface area contributed by atoms with Crippen molar-refractivity contribution >= 4 is 11.7 Å². The molecule has 0 radical (unpaired) electrons. The number of urea groups is 1. The lowest BCUT2D eigenvalue weighted by molar-refractivity contribution is -0.137. The Labute approximate surface area is 132 Å². The number of amides is 2. The molecule has 1 N–H and O–H groups in total. The highest BCUT2D eigenvalue weighted by atomic mass is 19.4. The molecule has 1 aromatic carbocycles. The van der Waals surface area contributed by atoms with Crippen LogP contribution in [0.25, 0.3) is 0 Å². The van der Waals surface area contributed by atoms with Crippen LogP contribution in [0.2, 0.25) is 0 Å². The van der Waals surface area contributed by atoms with E-state index >= 15 is 0 Å². The van der Waals surface area contributed by atoms with Crippen molar-refractivity contribution in [2.24, 2.45) is 0 Å². The summed E-state index contributed by atoms with van der Waals surface area (Å²) in [5.41, 5.74) is -0.458. The Hall–Kier alpha value is -2.43. The van der Waals surface area contributed by atoms with Gasteiger partial charge in [0, 0.05) is 25.3 Å². The van der Waals surface area contributed by atoms with Crippen LogP contribution in [-0.2, 0) is 6.18 Å². The topological polar surface area (TPSA) is 59.4 Å². The molecule has 0 bridgehead atoms. The van der Waals surface area contributed by atoms with E-state index < -0.39 is 11.7 Å². The van der Waals surface area contributed by atoms with E-state index in [0.29, 0.717) is 31.7 Å². The Bertz CT molecular complexity index is 594. The van der Waals surface area contributed by atoms with Gasteiger partial charge < -0.3 is 15.1 Å². The van der Waals surface area contributed by atoms with Crippen LogP contribution in [0.3, 0.4) is 0 Å². The minimum Gasteiger partial charge on any atom is -0.320 e. The van der Waals surface area contributed by atoms with E-state index in [1.165, 1.54) is 12.1 Å². The Morgan fingerprint density at radius 3 is 2.57 bits per heavy atom. The van der Waals surface area contributed by atoms with Gasteiger partial charge in [-0.1, -0.05) is 0 Å². The number of halogens is 3. The lowest BCUT2D eigenvalue weighted by atomic mass is 10.2. The molecule has 124 valence electrons.